The third-order valence-corrected chi connectivity index (χ3v) is 4.93. The summed E-state index contributed by atoms with van der Waals surface area (Å²) in [6, 6.07) is 9.60. The maximum atomic E-state index is 13.5. The highest BCUT2D eigenvalue weighted by Crippen LogP contribution is 2.36. The number of aromatic nitrogens is 1. The van der Waals surface area contributed by atoms with E-state index >= 15 is 0 Å². The van der Waals surface area contributed by atoms with Crippen LogP contribution in [0.5, 0.6) is 0 Å². The van der Waals surface area contributed by atoms with Crippen LogP contribution < -0.4 is 5.32 Å². The lowest BCUT2D eigenvalue weighted by Gasteiger charge is -2.26. The maximum absolute atomic E-state index is 13.5. The Bertz CT molecular complexity index is 594. The van der Waals surface area contributed by atoms with Crippen molar-refractivity contribution in [1.82, 2.24) is 9.88 Å². The molecule has 1 unspecified atom stereocenters. The number of nitrogens with one attached hydrogen (secondary N) is 1. The molecule has 1 aromatic carbocycles. The van der Waals surface area contributed by atoms with Gasteiger partial charge >= 0.3 is 0 Å². The van der Waals surface area contributed by atoms with Crippen molar-refractivity contribution in [2.45, 2.75) is 37.4 Å². The summed E-state index contributed by atoms with van der Waals surface area (Å²) in [5, 5.41) is 3.58. The molecule has 0 saturated heterocycles. The number of hydrogen-bond donors (Lipinski definition) is 1. The van der Waals surface area contributed by atoms with Crippen LogP contribution in [-0.2, 0) is 13.1 Å². The van der Waals surface area contributed by atoms with Crippen molar-refractivity contribution < 1.29 is 4.39 Å². The highest BCUT2D eigenvalue weighted by molar-refractivity contribution is 7.99. The molecule has 4 heteroatoms. The van der Waals surface area contributed by atoms with Crippen LogP contribution in [0.1, 0.15) is 30.6 Å². The Morgan fingerprint density at radius 3 is 3.15 bits per heavy atom. The van der Waals surface area contributed by atoms with Crippen LogP contribution in [0, 0.1) is 5.82 Å². The van der Waals surface area contributed by atoms with E-state index in [0.29, 0.717) is 0 Å². The lowest BCUT2D eigenvalue weighted by Crippen LogP contribution is -2.25. The molecule has 2 aromatic rings. The summed E-state index contributed by atoms with van der Waals surface area (Å²) in [6.07, 6.45) is 3.15. The van der Waals surface area contributed by atoms with Crippen LogP contribution >= 0.6 is 11.8 Å². The second-order valence-electron chi connectivity index (χ2n) is 5.04. The van der Waals surface area contributed by atoms with Crippen molar-refractivity contribution >= 4 is 11.8 Å². The van der Waals surface area contributed by atoms with Crippen molar-refractivity contribution in [3.8, 4) is 0 Å². The van der Waals surface area contributed by atoms with Gasteiger partial charge in [-0.25, -0.2) is 4.39 Å². The molecule has 1 N–H and O–H groups in total. The first-order valence-electron chi connectivity index (χ1n) is 7.07. The summed E-state index contributed by atoms with van der Waals surface area (Å²) < 4.78 is 15.7. The minimum absolute atomic E-state index is 0.144. The van der Waals surface area contributed by atoms with Gasteiger partial charge < -0.3 is 9.88 Å². The molecule has 0 fully saturated rings. The molecule has 0 aliphatic carbocycles. The van der Waals surface area contributed by atoms with Gasteiger partial charge in [0, 0.05) is 35.9 Å². The molecule has 106 valence electrons. The Kier molecular flexibility index (Phi) is 4.13. The predicted octanol–water partition coefficient (Wildman–Crippen LogP) is 3.97. The molecule has 1 aromatic heterocycles. The number of thioether (sulfide) groups is 1. The van der Waals surface area contributed by atoms with Crippen molar-refractivity contribution in [1.29, 1.82) is 0 Å². The lowest BCUT2D eigenvalue weighted by atomic mass is 10.0. The van der Waals surface area contributed by atoms with Crippen LogP contribution in [-0.4, -0.2) is 10.3 Å². The summed E-state index contributed by atoms with van der Waals surface area (Å²) in [6.45, 7) is 3.95. The quantitative estimate of drug-likeness (QED) is 0.917. The monoisotopic (exact) mass is 290 g/mol. The smallest absolute Gasteiger partial charge is 0.123 e. The van der Waals surface area contributed by atoms with E-state index in [2.05, 4.69) is 35.1 Å². The molecule has 3 rings (SSSR count). The average molecular weight is 290 g/mol. The predicted molar refractivity (Wildman–Crippen MR) is 81.4 cm³/mol. The fourth-order valence-corrected chi connectivity index (χ4v) is 3.83. The normalized spacial score (nSPS) is 18.0. The fraction of sp³-hybridized carbons (Fsp3) is 0.375. The molecule has 0 saturated carbocycles. The second-order valence-corrected chi connectivity index (χ2v) is 6.18. The van der Waals surface area contributed by atoms with Crippen molar-refractivity contribution in [3.63, 3.8) is 0 Å². The highest BCUT2D eigenvalue weighted by atomic mass is 32.2. The summed E-state index contributed by atoms with van der Waals surface area (Å²) in [5.74, 6) is 0.945. The van der Waals surface area contributed by atoms with E-state index in [1.54, 1.807) is 12.1 Å². The number of aryl methyl sites for hydroxylation is 1. The zero-order chi connectivity index (χ0) is 13.9. The molecule has 20 heavy (non-hydrogen) atoms. The summed E-state index contributed by atoms with van der Waals surface area (Å²) >= 11 is 1.82. The van der Waals surface area contributed by atoms with Gasteiger partial charge in [0.1, 0.15) is 5.82 Å². The van der Waals surface area contributed by atoms with Crippen LogP contribution in [0.15, 0.2) is 41.4 Å². The molecule has 2 heterocycles. The third-order valence-electron chi connectivity index (χ3n) is 3.81. The molecule has 0 radical (unpaired) electrons. The van der Waals surface area contributed by atoms with E-state index in [1.807, 2.05) is 17.8 Å². The molecule has 1 atom stereocenters. The summed E-state index contributed by atoms with van der Waals surface area (Å²) in [4.78, 5) is 1.21. The van der Waals surface area contributed by atoms with Crippen LogP contribution in [0.25, 0.3) is 0 Å². The first kappa shape index (κ1) is 13.7. The SMILES string of the molecule is CCn1cccc1CNC1CCSc2ccc(F)cc21. The Hall–Kier alpha value is -1.26. The van der Waals surface area contributed by atoms with Gasteiger partial charge in [-0.1, -0.05) is 0 Å². The molecule has 1 aliphatic rings. The van der Waals surface area contributed by atoms with Gasteiger partial charge in [-0.05, 0) is 55.0 Å². The molecule has 0 amide bonds. The van der Waals surface area contributed by atoms with Crippen molar-refractivity contribution in [2.75, 3.05) is 5.75 Å². The number of fused-ring (bicyclic) bond motifs is 1. The zero-order valence-corrected chi connectivity index (χ0v) is 12.4. The van der Waals surface area contributed by atoms with Crippen molar-refractivity contribution in [2.24, 2.45) is 0 Å². The Balaban J connectivity index is 1.75. The molecule has 1 aliphatic heterocycles. The van der Waals surface area contributed by atoms with E-state index in [4.69, 9.17) is 0 Å². The number of rotatable bonds is 4. The van der Waals surface area contributed by atoms with Gasteiger partial charge in [-0.15, -0.1) is 11.8 Å². The van der Waals surface area contributed by atoms with Gasteiger partial charge in [0.25, 0.3) is 0 Å². The number of halogens is 1. The number of nitrogens with zero attached hydrogens (tertiary/aromatic N) is 1. The van der Waals surface area contributed by atoms with Gasteiger partial charge in [-0.2, -0.15) is 0 Å². The standard InChI is InChI=1S/C16H19FN2S/c1-2-19-8-3-4-13(19)11-18-15-7-9-20-16-6-5-12(17)10-14(15)16/h3-6,8,10,15,18H,2,7,9,11H2,1H3. The van der Waals surface area contributed by atoms with E-state index < -0.39 is 0 Å². The van der Waals surface area contributed by atoms with Gasteiger partial charge in [0.2, 0.25) is 0 Å². The van der Waals surface area contributed by atoms with Crippen LogP contribution in [0.2, 0.25) is 0 Å². The van der Waals surface area contributed by atoms with Crippen molar-refractivity contribution in [3.05, 3.63) is 53.6 Å². The van der Waals surface area contributed by atoms with Crippen LogP contribution in [0.3, 0.4) is 0 Å². The summed E-state index contributed by atoms with van der Waals surface area (Å²) in [5.41, 5.74) is 2.39. The molecule has 0 spiro atoms. The maximum Gasteiger partial charge on any atom is 0.123 e. The number of hydrogen-bond acceptors (Lipinski definition) is 2. The molecule has 2 nitrogen and oxygen atoms in total. The van der Waals surface area contributed by atoms with E-state index in [-0.39, 0.29) is 11.9 Å². The van der Waals surface area contributed by atoms with Gasteiger partial charge in [0.05, 0.1) is 0 Å². The van der Waals surface area contributed by atoms with Gasteiger partial charge in [0.15, 0.2) is 0 Å². The van der Waals surface area contributed by atoms with E-state index in [0.717, 1.165) is 30.8 Å². The topological polar surface area (TPSA) is 17.0 Å². The third kappa shape index (κ3) is 2.76. The van der Waals surface area contributed by atoms with Gasteiger partial charge in [-0.3, -0.25) is 0 Å². The number of benzene rings is 1. The second kappa shape index (κ2) is 6.02. The average Bonchev–Trinajstić information content (AvgIpc) is 2.92. The molecule has 0 bridgehead atoms. The Morgan fingerprint density at radius 1 is 1.40 bits per heavy atom. The lowest BCUT2D eigenvalue weighted by molar-refractivity contribution is 0.491. The van der Waals surface area contributed by atoms with E-state index in [1.165, 1.54) is 10.6 Å². The molecular weight excluding hydrogens is 271 g/mol. The first-order valence-corrected chi connectivity index (χ1v) is 8.06. The Morgan fingerprint density at radius 2 is 2.30 bits per heavy atom. The van der Waals surface area contributed by atoms with E-state index in [9.17, 15) is 4.39 Å². The van der Waals surface area contributed by atoms with Crippen LogP contribution in [0.4, 0.5) is 4.39 Å². The molecular formula is C16H19FN2S. The zero-order valence-electron chi connectivity index (χ0n) is 11.6. The largest absolute Gasteiger partial charge is 0.351 e. The minimum Gasteiger partial charge on any atom is -0.351 e. The first-order chi connectivity index (χ1) is 9.78. The highest BCUT2D eigenvalue weighted by Gasteiger charge is 2.21. The summed E-state index contributed by atoms with van der Waals surface area (Å²) in [7, 11) is 0. The fourth-order valence-electron chi connectivity index (χ4n) is 2.72. The Labute approximate surface area is 123 Å². The minimum atomic E-state index is -0.144.